The minimum absolute atomic E-state index is 0.437. The van der Waals surface area contributed by atoms with Crippen LogP contribution in [0.4, 0.5) is 5.13 Å². The van der Waals surface area contributed by atoms with E-state index in [1.807, 2.05) is 30.8 Å². The molecular formula is C16H22N4S. The number of nitrogens with zero attached hydrogens (tertiary/aromatic N) is 3. The van der Waals surface area contributed by atoms with E-state index < -0.39 is 0 Å². The third-order valence-electron chi connectivity index (χ3n) is 4.10. The van der Waals surface area contributed by atoms with Gasteiger partial charge in [0.25, 0.3) is 0 Å². The molecule has 4 nitrogen and oxygen atoms in total. The zero-order chi connectivity index (χ0) is 14.7. The Kier molecular flexibility index (Phi) is 4.51. The maximum Gasteiger partial charge on any atom is 0.185 e. The summed E-state index contributed by atoms with van der Waals surface area (Å²) in [4.78, 5) is 12.7. The van der Waals surface area contributed by atoms with Gasteiger partial charge in [-0.3, -0.25) is 4.98 Å². The van der Waals surface area contributed by atoms with Crippen LogP contribution in [0.5, 0.6) is 0 Å². The molecule has 0 fully saturated rings. The second kappa shape index (κ2) is 6.54. The highest BCUT2D eigenvalue weighted by atomic mass is 32.1. The molecule has 1 aliphatic rings. The van der Waals surface area contributed by atoms with Crippen molar-refractivity contribution in [2.45, 2.75) is 31.7 Å². The molecule has 1 aliphatic carbocycles. The molecule has 2 aromatic heterocycles. The van der Waals surface area contributed by atoms with Crippen molar-refractivity contribution in [3.05, 3.63) is 40.7 Å². The molecule has 2 heterocycles. The van der Waals surface area contributed by atoms with Gasteiger partial charge in [0, 0.05) is 30.9 Å². The first-order chi connectivity index (χ1) is 10.3. The van der Waals surface area contributed by atoms with E-state index >= 15 is 0 Å². The lowest BCUT2D eigenvalue weighted by atomic mass is 9.98. The summed E-state index contributed by atoms with van der Waals surface area (Å²) < 4.78 is 0. The molecule has 5 heteroatoms. The fourth-order valence-electron chi connectivity index (χ4n) is 2.79. The predicted molar refractivity (Wildman–Crippen MR) is 88.1 cm³/mol. The van der Waals surface area contributed by atoms with E-state index in [1.54, 1.807) is 0 Å². The van der Waals surface area contributed by atoms with Gasteiger partial charge in [0.15, 0.2) is 5.13 Å². The molecule has 0 spiro atoms. The van der Waals surface area contributed by atoms with Gasteiger partial charge in [0.1, 0.15) is 0 Å². The summed E-state index contributed by atoms with van der Waals surface area (Å²) in [7, 11) is 4.17. The van der Waals surface area contributed by atoms with E-state index in [2.05, 4.69) is 34.4 Å². The second-order valence-electron chi connectivity index (χ2n) is 5.57. The van der Waals surface area contributed by atoms with Crippen LogP contribution in [0.2, 0.25) is 0 Å². The Labute approximate surface area is 130 Å². The molecule has 21 heavy (non-hydrogen) atoms. The summed E-state index contributed by atoms with van der Waals surface area (Å²) in [6.45, 7) is 0.987. The number of nitrogens with one attached hydrogen (secondary N) is 1. The Balaban J connectivity index is 1.68. The van der Waals surface area contributed by atoms with Gasteiger partial charge < -0.3 is 10.2 Å². The van der Waals surface area contributed by atoms with Crippen molar-refractivity contribution < 1.29 is 0 Å². The van der Waals surface area contributed by atoms with E-state index in [0.29, 0.717) is 6.04 Å². The summed E-state index contributed by atoms with van der Waals surface area (Å²) in [6.07, 6.45) is 8.39. The number of aromatic nitrogens is 2. The van der Waals surface area contributed by atoms with Crippen molar-refractivity contribution in [3.63, 3.8) is 0 Å². The van der Waals surface area contributed by atoms with Crippen molar-refractivity contribution in [2.75, 3.05) is 25.5 Å². The second-order valence-corrected chi connectivity index (χ2v) is 6.63. The smallest absolute Gasteiger partial charge is 0.185 e. The fraction of sp³-hybridized carbons (Fsp3) is 0.500. The van der Waals surface area contributed by atoms with E-state index in [9.17, 15) is 0 Å². The Morgan fingerprint density at radius 3 is 2.95 bits per heavy atom. The Morgan fingerprint density at radius 1 is 1.38 bits per heavy atom. The van der Waals surface area contributed by atoms with E-state index in [4.69, 9.17) is 4.98 Å². The lowest BCUT2D eigenvalue weighted by molar-refractivity contribution is 0.490. The molecule has 0 aliphatic heterocycles. The van der Waals surface area contributed by atoms with Crippen LogP contribution in [-0.2, 0) is 12.8 Å². The van der Waals surface area contributed by atoms with Crippen molar-refractivity contribution >= 4 is 16.5 Å². The summed E-state index contributed by atoms with van der Waals surface area (Å²) in [5, 5.41) is 4.54. The molecule has 0 saturated carbocycles. The first-order valence-corrected chi connectivity index (χ1v) is 8.36. The maximum absolute atomic E-state index is 4.88. The topological polar surface area (TPSA) is 41.0 Å². The third kappa shape index (κ3) is 3.24. The van der Waals surface area contributed by atoms with Crippen LogP contribution < -0.4 is 10.2 Å². The molecule has 3 rings (SSSR count). The van der Waals surface area contributed by atoms with Crippen molar-refractivity contribution in [1.82, 2.24) is 15.3 Å². The highest BCUT2D eigenvalue weighted by Gasteiger charge is 2.24. The molecule has 0 saturated heterocycles. The molecule has 0 bridgehead atoms. The minimum Gasteiger partial charge on any atom is -0.351 e. The first-order valence-electron chi connectivity index (χ1n) is 7.55. The summed E-state index contributed by atoms with van der Waals surface area (Å²) in [5.41, 5.74) is 2.60. The Hall–Kier alpha value is -1.46. The van der Waals surface area contributed by atoms with Crippen LogP contribution in [0.3, 0.4) is 0 Å². The average Bonchev–Trinajstić information content (AvgIpc) is 2.97. The zero-order valence-corrected chi connectivity index (χ0v) is 13.5. The minimum atomic E-state index is 0.437. The molecule has 1 atom stereocenters. The highest BCUT2D eigenvalue weighted by Crippen LogP contribution is 2.36. The fourth-order valence-corrected chi connectivity index (χ4v) is 3.94. The van der Waals surface area contributed by atoms with Crippen LogP contribution in [0, 0.1) is 0 Å². The van der Waals surface area contributed by atoms with Gasteiger partial charge in [-0.15, -0.1) is 11.3 Å². The summed E-state index contributed by atoms with van der Waals surface area (Å²) >= 11 is 1.86. The van der Waals surface area contributed by atoms with E-state index in [1.165, 1.54) is 35.4 Å². The van der Waals surface area contributed by atoms with Gasteiger partial charge in [0.05, 0.1) is 11.7 Å². The lowest BCUT2D eigenvalue weighted by Gasteiger charge is -2.20. The monoisotopic (exact) mass is 302 g/mol. The van der Waals surface area contributed by atoms with Gasteiger partial charge >= 0.3 is 0 Å². The number of aryl methyl sites for hydroxylation is 1. The molecule has 112 valence electrons. The standard InChI is InChI=1S/C16H22N4S/c1-17-13-4-3-5-14-15(13)19-16(21-14)20(2)11-8-12-6-9-18-10-7-12/h6-7,9-10,13,17H,3-5,8,11H2,1-2H3. The first kappa shape index (κ1) is 14.5. The Bertz CT molecular complexity index is 581. The number of hydrogen-bond acceptors (Lipinski definition) is 5. The molecule has 1 N–H and O–H groups in total. The summed E-state index contributed by atoms with van der Waals surface area (Å²) in [6, 6.07) is 4.60. The van der Waals surface area contributed by atoms with Crippen molar-refractivity contribution in [2.24, 2.45) is 0 Å². The van der Waals surface area contributed by atoms with Gasteiger partial charge in [-0.05, 0) is 50.4 Å². The average molecular weight is 302 g/mol. The van der Waals surface area contributed by atoms with Crippen LogP contribution in [-0.4, -0.2) is 30.6 Å². The van der Waals surface area contributed by atoms with Crippen molar-refractivity contribution in [3.8, 4) is 0 Å². The predicted octanol–water partition coefficient (Wildman–Crippen LogP) is 2.81. The summed E-state index contributed by atoms with van der Waals surface area (Å²) in [5.74, 6) is 0. The number of likely N-dealkylation sites (N-methyl/N-ethyl adjacent to an activating group) is 1. The molecular weight excluding hydrogens is 280 g/mol. The molecule has 0 aromatic carbocycles. The Morgan fingerprint density at radius 2 is 2.19 bits per heavy atom. The largest absolute Gasteiger partial charge is 0.351 e. The lowest BCUT2D eigenvalue weighted by Crippen LogP contribution is -2.22. The van der Waals surface area contributed by atoms with Gasteiger partial charge in [0.2, 0.25) is 0 Å². The SMILES string of the molecule is CNC1CCCc2sc(N(C)CCc3ccncc3)nc21. The number of fused-ring (bicyclic) bond motifs is 1. The maximum atomic E-state index is 4.88. The van der Waals surface area contributed by atoms with Crippen LogP contribution >= 0.6 is 11.3 Å². The van der Waals surface area contributed by atoms with Crippen molar-refractivity contribution in [1.29, 1.82) is 0 Å². The number of hydrogen-bond donors (Lipinski definition) is 1. The van der Waals surface area contributed by atoms with Gasteiger partial charge in [-0.1, -0.05) is 0 Å². The van der Waals surface area contributed by atoms with E-state index in [-0.39, 0.29) is 0 Å². The van der Waals surface area contributed by atoms with Crippen LogP contribution in [0.15, 0.2) is 24.5 Å². The molecule has 2 aromatic rings. The molecule has 0 radical (unpaired) electrons. The van der Waals surface area contributed by atoms with Crippen LogP contribution in [0.25, 0.3) is 0 Å². The molecule has 1 unspecified atom stereocenters. The normalized spacial score (nSPS) is 17.5. The quantitative estimate of drug-likeness (QED) is 0.922. The van der Waals surface area contributed by atoms with Gasteiger partial charge in [-0.25, -0.2) is 4.98 Å². The number of rotatable bonds is 5. The van der Waals surface area contributed by atoms with Crippen LogP contribution in [0.1, 0.15) is 35.0 Å². The number of pyridine rings is 1. The number of anilines is 1. The third-order valence-corrected chi connectivity index (χ3v) is 5.35. The van der Waals surface area contributed by atoms with Gasteiger partial charge in [-0.2, -0.15) is 0 Å². The zero-order valence-electron chi connectivity index (χ0n) is 12.7. The number of thiazole rings is 1. The molecule has 0 amide bonds. The van der Waals surface area contributed by atoms with E-state index in [0.717, 1.165) is 18.1 Å². The highest BCUT2D eigenvalue weighted by molar-refractivity contribution is 7.15.